The number of hydrogen-bond acceptors (Lipinski definition) is 4. The molecule has 1 amide bonds. The molecule has 0 unspecified atom stereocenters. The zero-order valence-electron chi connectivity index (χ0n) is 17.4. The minimum Gasteiger partial charge on any atom is -0.465 e. The van der Waals surface area contributed by atoms with E-state index in [9.17, 15) is 14.7 Å². The highest BCUT2D eigenvalue weighted by Crippen LogP contribution is 2.29. The number of nitrogens with zero attached hydrogens (tertiary/aromatic N) is 1. The van der Waals surface area contributed by atoms with Crippen molar-refractivity contribution in [2.45, 2.75) is 69.9 Å². The number of carbonyl (C=O) groups is 2. The van der Waals surface area contributed by atoms with E-state index in [0.29, 0.717) is 18.5 Å². The molecular weight excluding hydrogens is 366 g/mol. The van der Waals surface area contributed by atoms with Crippen molar-refractivity contribution in [3.63, 3.8) is 0 Å². The fourth-order valence-electron chi connectivity index (χ4n) is 4.48. The van der Waals surface area contributed by atoms with Crippen LogP contribution in [0.2, 0.25) is 0 Å². The lowest BCUT2D eigenvalue weighted by atomic mass is 9.99. The van der Waals surface area contributed by atoms with Gasteiger partial charge in [0.25, 0.3) is 0 Å². The fraction of sp³-hybridized carbons (Fsp3) is 0.583. The number of amides is 1. The minimum atomic E-state index is -0.418. The van der Waals surface area contributed by atoms with Gasteiger partial charge in [0.2, 0.25) is 5.91 Å². The van der Waals surface area contributed by atoms with Crippen LogP contribution in [0.15, 0.2) is 36.4 Å². The quantitative estimate of drug-likeness (QED) is 0.505. The van der Waals surface area contributed by atoms with E-state index < -0.39 is 6.10 Å². The summed E-state index contributed by atoms with van der Waals surface area (Å²) in [5.74, 6) is 0.613. The molecule has 1 saturated carbocycles. The number of likely N-dealkylation sites (tertiary alicyclic amines) is 1. The number of ether oxygens (including phenoxy) is 1. The van der Waals surface area contributed by atoms with Crippen LogP contribution in [0.3, 0.4) is 0 Å². The summed E-state index contributed by atoms with van der Waals surface area (Å²) in [6.07, 6.45) is 12.8. The lowest BCUT2D eigenvalue weighted by molar-refractivity contribution is -0.128. The predicted octanol–water partition coefficient (Wildman–Crippen LogP) is 3.89. The molecule has 1 aliphatic carbocycles. The fourth-order valence-corrected chi connectivity index (χ4v) is 4.48. The highest BCUT2D eigenvalue weighted by molar-refractivity contribution is 5.89. The van der Waals surface area contributed by atoms with Gasteiger partial charge in [-0.3, -0.25) is 4.79 Å². The number of aliphatic hydroxyl groups is 1. The molecular formula is C24H33NO4. The summed E-state index contributed by atoms with van der Waals surface area (Å²) in [7, 11) is 1.37. The molecule has 1 aromatic carbocycles. The van der Waals surface area contributed by atoms with E-state index in [1.54, 1.807) is 12.1 Å². The van der Waals surface area contributed by atoms with Crippen molar-refractivity contribution in [3.8, 4) is 0 Å². The van der Waals surface area contributed by atoms with E-state index in [4.69, 9.17) is 4.74 Å². The number of carbonyl (C=O) groups excluding carboxylic acids is 2. The molecule has 2 aliphatic rings. The molecule has 0 spiro atoms. The number of esters is 1. The van der Waals surface area contributed by atoms with Crippen molar-refractivity contribution >= 4 is 11.9 Å². The van der Waals surface area contributed by atoms with Crippen molar-refractivity contribution in [1.29, 1.82) is 0 Å². The van der Waals surface area contributed by atoms with Crippen molar-refractivity contribution in [2.24, 2.45) is 5.92 Å². The molecule has 1 N–H and O–H groups in total. The normalized spacial score (nSPS) is 21.2. The molecule has 1 aromatic rings. The van der Waals surface area contributed by atoms with E-state index in [0.717, 1.165) is 37.2 Å². The second-order valence-corrected chi connectivity index (χ2v) is 8.31. The van der Waals surface area contributed by atoms with Crippen LogP contribution in [0.4, 0.5) is 0 Å². The van der Waals surface area contributed by atoms with Gasteiger partial charge in [0.1, 0.15) is 0 Å². The zero-order valence-corrected chi connectivity index (χ0v) is 17.4. The molecule has 0 bridgehead atoms. The smallest absolute Gasteiger partial charge is 0.337 e. The van der Waals surface area contributed by atoms with Crippen LogP contribution in [0.1, 0.15) is 67.3 Å². The van der Waals surface area contributed by atoms with E-state index in [1.807, 2.05) is 29.2 Å². The van der Waals surface area contributed by atoms with Crippen molar-refractivity contribution in [1.82, 2.24) is 4.90 Å². The van der Waals surface area contributed by atoms with Crippen LogP contribution in [-0.2, 0) is 16.0 Å². The van der Waals surface area contributed by atoms with E-state index >= 15 is 0 Å². The summed E-state index contributed by atoms with van der Waals surface area (Å²) in [4.78, 5) is 25.7. The van der Waals surface area contributed by atoms with Gasteiger partial charge in [-0.15, -0.1) is 0 Å². The Labute approximate surface area is 173 Å². The van der Waals surface area contributed by atoms with E-state index in [1.165, 1.54) is 32.8 Å². The van der Waals surface area contributed by atoms with Crippen molar-refractivity contribution in [3.05, 3.63) is 47.5 Å². The van der Waals surface area contributed by atoms with E-state index in [-0.39, 0.29) is 17.9 Å². The molecule has 0 aromatic heterocycles. The van der Waals surface area contributed by atoms with Gasteiger partial charge >= 0.3 is 5.97 Å². The zero-order chi connectivity index (χ0) is 20.6. The summed E-state index contributed by atoms with van der Waals surface area (Å²) in [5, 5.41) is 10.3. The SMILES string of the molecule is COC(=O)c1ccc(CCN2C(=O)CC[C@@H]2/C=C/[C@H](O)CCC2CCCC2)cc1. The average molecular weight is 400 g/mol. The number of hydrogen-bond donors (Lipinski definition) is 1. The topological polar surface area (TPSA) is 66.8 Å². The van der Waals surface area contributed by atoms with Crippen LogP contribution < -0.4 is 0 Å². The highest BCUT2D eigenvalue weighted by Gasteiger charge is 2.28. The maximum Gasteiger partial charge on any atom is 0.337 e. The first-order valence-corrected chi connectivity index (χ1v) is 10.9. The molecule has 5 heteroatoms. The van der Waals surface area contributed by atoms with Crippen LogP contribution >= 0.6 is 0 Å². The summed E-state index contributed by atoms with van der Waals surface area (Å²) in [6.45, 7) is 0.642. The Kier molecular flexibility index (Phi) is 7.87. The van der Waals surface area contributed by atoms with E-state index in [2.05, 4.69) is 0 Å². The van der Waals surface area contributed by atoms with Gasteiger partial charge in [0.05, 0.1) is 24.8 Å². The largest absolute Gasteiger partial charge is 0.465 e. The number of methoxy groups -OCH3 is 1. The lowest BCUT2D eigenvalue weighted by Gasteiger charge is -2.23. The molecule has 5 nitrogen and oxygen atoms in total. The van der Waals surface area contributed by atoms with Gasteiger partial charge in [-0.25, -0.2) is 4.79 Å². The number of benzene rings is 1. The first-order valence-electron chi connectivity index (χ1n) is 10.9. The molecule has 1 saturated heterocycles. The Bertz CT molecular complexity index is 706. The van der Waals surface area contributed by atoms with Crippen molar-refractivity contribution in [2.75, 3.05) is 13.7 Å². The van der Waals surface area contributed by atoms with Gasteiger partial charge < -0.3 is 14.7 Å². The van der Waals surface area contributed by atoms with Crippen LogP contribution in [0.5, 0.6) is 0 Å². The number of aliphatic hydroxyl groups excluding tert-OH is 1. The second kappa shape index (κ2) is 10.6. The molecule has 1 heterocycles. The minimum absolute atomic E-state index is 0.0676. The van der Waals surface area contributed by atoms with Gasteiger partial charge in [-0.1, -0.05) is 50.0 Å². The third-order valence-electron chi connectivity index (χ3n) is 6.29. The third kappa shape index (κ3) is 6.17. The standard InChI is InChI=1S/C24H33NO4/c1-29-24(28)20-9-6-19(7-10-20)16-17-25-21(12-15-23(25)27)11-14-22(26)13-8-18-4-2-3-5-18/h6-7,9-11,14,18,21-22,26H,2-5,8,12-13,15-17H2,1H3/b14-11+/t21-,22+/m0/s1. The Morgan fingerprint density at radius 3 is 2.66 bits per heavy atom. The predicted molar refractivity (Wildman–Crippen MR) is 113 cm³/mol. The summed E-state index contributed by atoms with van der Waals surface area (Å²) >= 11 is 0. The summed E-state index contributed by atoms with van der Waals surface area (Å²) in [5.41, 5.74) is 1.61. The highest BCUT2D eigenvalue weighted by atomic mass is 16.5. The number of rotatable bonds is 9. The molecule has 1 aliphatic heterocycles. The lowest BCUT2D eigenvalue weighted by Crippen LogP contribution is -2.33. The molecule has 158 valence electrons. The van der Waals surface area contributed by atoms with Crippen LogP contribution in [0, 0.1) is 5.92 Å². The molecule has 2 atom stereocenters. The molecule has 29 heavy (non-hydrogen) atoms. The molecule has 2 fully saturated rings. The molecule has 3 rings (SSSR count). The third-order valence-corrected chi connectivity index (χ3v) is 6.29. The Morgan fingerprint density at radius 2 is 1.97 bits per heavy atom. The maximum atomic E-state index is 12.3. The second-order valence-electron chi connectivity index (χ2n) is 8.31. The Hall–Kier alpha value is -2.14. The maximum absolute atomic E-state index is 12.3. The van der Waals surface area contributed by atoms with Gasteiger partial charge in [-0.05, 0) is 49.3 Å². The summed E-state index contributed by atoms with van der Waals surface area (Å²) < 4.78 is 4.72. The Balaban J connectivity index is 1.48. The van der Waals surface area contributed by atoms with Gasteiger partial charge in [-0.2, -0.15) is 0 Å². The first kappa shape index (κ1) is 21.6. The summed E-state index contributed by atoms with van der Waals surface area (Å²) in [6, 6.07) is 7.39. The first-order chi connectivity index (χ1) is 14.1. The van der Waals surface area contributed by atoms with Crippen LogP contribution in [0.25, 0.3) is 0 Å². The molecule has 0 radical (unpaired) electrons. The van der Waals surface area contributed by atoms with Gasteiger partial charge in [0, 0.05) is 13.0 Å². The average Bonchev–Trinajstić information content (AvgIpc) is 3.38. The Morgan fingerprint density at radius 1 is 1.24 bits per heavy atom. The van der Waals surface area contributed by atoms with Crippen LogP contribution in [-0.4, -0.2) is 47.7 Å². The monoisotopic (exact) mass is 399 g/mol. The van der Waals surface area contributed by atoms with Gasteiger partial charge in [0.15, 0.2) is 0 Å². The van der Waals surface area contributed by atoms with Crippen molar-refractivity contribution < 1.29 is 19.4 Å².